The number of hydrogen-bond acceptors (Lipinski definition) is 3. The van der Waals surface area contributed by atoms with E-state index in [0.717, 1.165) is 31.7 Å². The summed E-state index contributed by atoms with van der Waals surface area (Å²) in [5.41, 5.74) is 0. The van der Waals surface area contributed by atoms with Crippen molar-refractivity contribution in [3.05, 3.63) is 0 Å². The minimum absolute atomic E-state index is 0.363. The first-order valence-corrected chi connectivity index (χ1v) is 7.12. The molecule has 0 aliphatic heterocycles. The summed E-state index contributed by atoms with van der Waals surface area (Å²) >= 11 is 0. The summed E-state index contributed by atoms with van der Waals surface area (Å²) in [6.45, 7) is 6.01. The van der Waals surface area contributed by atoms with Gasteiger partial charge in [-0.3, -0.25) is 0 Å². The maximum atomic E-state index is 9.76. The topological polar surface area (TPSA) is 41.5 Å². The van der Waals surface area contributed by atoms with Crippen LogP contribution in [-0.4, -0.2) is 37.0 Å². The highest BCUT2D eigenvalue weighted by atomic mass is 16.5. The van der Waals surface area contributed by atoms with Crippen LogP contribution in [0.25, 0.3) is 0 Å². The molecule has 0 amide bonds. The first kappa shape index (κ1) is 15.5. The third kappa shape index (κ3) is 7.00. The van der Waals surface area contributed by atoms with E-state index in [9.17, 15) is 5.11 Å². The molecule has 104 valence electrons. The molecule has 0 bridgehead atoms. The molecule has 0 aromatic rings. The molecule has 1 atom stereocenters. The molecule has 1 unspecified atom stereocenters. The summed E-state index contributed by atoms with van der Waals surface area (Å²) in [6.07, 6.45) is 5.61. The quantitative estimate of drug-likeness (QED) is 0.538. The van der Waals surface area contributed by atoms with E-state index in [1.807, 2.05) is 6.92 Å². The molecule has 18 heavy (non-hydrogen) atoms. The van der Waals surface area contributed by atoms with Crippen LogP contribution in [0.4, 0.5) is 0 Å². The van der Waals surface area contributed by atoms with Crippen molar-refractivity contribution in [1.82, 2.24) is 5.32 Å². The molecule has 1 aliphatic carbocycles. The molecule has 0 heterocycles. The molecule has 1 saturated carbocycles. The van der Waals surface area contributed by atoms with E-state index < -0.39 is 6.10 Å². The van der Waals surface area contributed by atoms with Crippen LogP contribution in [0.1, 0.15) is 46.0 Å². The second kappa shape index (κ2) is 9.38. The van der Waals surface area contributed by atoms with Gasteiger partial charge in [0.05, 0.1) is 18.8 Å². The van der Waals surface area contributed by atoms with Crippen molar-refractivity contribution < 1.29 is 9.84 Å². The van der Waals surface area contributed by atoms with Gasteiger partial charge in [-0.05, 0) is 38.5 Å². The first-order chi connectivity index (χ1) is 8.72. The lowest BCUT2D eigenvalue weighted by atomic mass is 9.89. The van der Waals surface area contributed by atoms with E-state index in [4.69, 9.17) is 4.74 Å². The lowest BCUT2D eigenvalue weighted by molar-refractivity contribution is -0.0277. The number of rotatable bonds is 7. The Balaban J connectivity index is 1.98. The van der Waals surface area contributed by atoms with Crippen LogP contribution >= 0.6 is 0 Å². The van der Waals surface area contributed by atoms with E-state index in [1.54, 1.807) is 0 Å². The number of aliphatic hydroxyl groups is 1. The molecule has 3 heteroatoms. The van der Waals surface area contributed by atoms with Crippen LogP contribution in [0.2, 0.25) is 0 Å². The van der Waals surface area contributed by atoms with Gasteiger partial charge in [-0.2, -0.15) is 0 Å². The van der Waals surface area contributed by atoms with E-state index in [2.05, 4.69) is 24.1 Å². The van der Waals surface area contributed by atoms with Crippen molar-refractivity contribution in [1.29, 1.82) is 0 Å². The zero-order chi connectivity index (χ0) is 13.2. The molecule has 1 rings (SSSR count). The predicted octanol–water partition coefficient (Wildman–Crippen LogP) is 1.95. The third-order valence-electron chi connectivity index (χ3n) is 3.47. The Morgan fingerprint density at radius 1 is 1.33 bits per heavy atom. The number of aliphatic hydroxyl groups excluding tert-OH is 1. The van der Waals surface area contributed by atoms with Crippen LogP contribution in [0, 0.1) is 17.8 Å². The van der Waals surface area contributed by atoms with Gasteiger partial charge in [0.15, 0.2) is 0 Å². The summed E-state index contributed by atoms with van der Waals surface area (Å²) < 4.78 is 5.75. The van der Waals surface area contributed by atoms with Gasteiger partial charge in [0.1, 0.15) is 0 Å². The van der Waals surface area contributed by atoms with E-state index >= 15 is 0 Å². The van der Waals surface area contributed by atoms with Crippen LogP contribution in [0.3, 0.4) is 0 Å². The Labute approximate surface area is 111 Å². The molecule has 0 aromatic heterocycles. The third-order valence-corrected chi connectivity index (χ3v) is 3.47. The molecular weight excluding hydrogens is 226 g/mol. The fourth-order valence-corrected chi connectivity index (χ4v) is 2.25. The van der Waals surface area contributed by atoms with E-state index in [-0.39, 0.29) is 0 Å². The van der Waals surface area contributed by atoms with Gasteiger partial charge >= 0.3 is 0 Å². The van der Waals surface area contributed by atoms with E-state index in [0.29, 0.717) is 19.3 Å². The van der Waals surface area contributed by atoms with Crippen molar-refractivity contribution >= 4 is 0 Å². The van der Waals surface area contributed by atoms with Crippen molar-refractivity contribution in [2.75, 3.05) is 19.7 Å². The second-order valence-corrected chi connectivity index (χ2v) is 5.25. The fraction of sp³-hybridized carbons (Fsp3) is 0.867. The molecule has 0 spiro atoms. The number of hydrogen-bond donors (Lipinski definition) is 2. The van der Waals surface area contributed by atoms with Crippen molar-refractivity contribution in [3.8, 4) is 11.8 Å². The van der Waals surface area contributed by atoms with Crippen molar-refractivity contribution in [3.63, 3.8) is 0 Å². The summed E-state index contributed by atoms with van der Waals surface area (Å²) in [5, 5.41) is 12.9. The average Bonchev–Trinajstić information content (AvgIpc) is 2.38. The average molecular weight is 253 g/mol. The van der Waals surface area contributed by atoms with Crippen molar-refractivity contribution in [2.24, 2.45) is 5.92 Å². The molecule has 3 nitrogen and oxygen atoms in total. The minimum atomic E-state index is -0.404. The van der Waals surface area contributed by atoms with E-state index in [1.165, 1.54) is 12.8 Å². The fourth-order valence-electron chi connectivity index (χ4n) is 2.25. The molecule has 0 radical (unpaired) electrons. The predicted molar refractivity (Wildman–Crippen MR) is 74.3 cm³/mol. The Kier molecular flexibility index (Phi) is 8.08. The normalized spacial score (nSPS) is 25.3. The lowest BCUT2D eigenvalue weighted by Crippen LogP contribution is -2.33. The maximum absolute atomic E-state index is 9.76. The molecule has 1 aliphatic rings. The van der Waals surface area contributed by atoms with Gasteiger partial charge in [-0.15, -0.1) is 11.8 Å². The van der Waals surface area contributed by atoms with Gasteiger partial charge < -0.3 is 15.2 Å². The van der Waals surface area contributed by atoms with Crippen molar-refractivity contribution in [2.45, 2.75) is 58.2 Å². The Morgan fingerprint density at radius 3 is 2.72 bits per heavy atom. The van der Waals surface area contributed by atoms with Gasteiger partial charge in [0.25, 0.3) is 0 Å². The van der Waals surface area contributed by atoms with Crippen LogP contribution in [0.15, 0.2) is 0 Å². The minimum Gasteiger partial charge on any atom is -0.389 e. The van der Waals surface area contributed by atoms with Crippen LogP contribution < -0.4 is 5.32 Å². The molecule has 2 N–H and O–H groups in total. The van der Waals surface area contributed by atoms with Gasteiger partial charge in [0, 0.05) is 19.5 Å². The van der Waals surface area contributed by atoms with Gasteiger partial charge in [-0.1, -0.05) is 6.92 Å². The summed E-state index contributed by atoms with van der Waals surface area (Å²) in [6, 6.07) is 0. The Bertz CT molecular complexity index is 261. The second-order valence-electron chi connectivity index (χ2n) is 5.25. The largest absolute Gasteiger partial charge is 0.389 e. The highest BCUT2D eigenvalue weighted by Crippen LogP contribution is 2.25. The highest BCUT2D eigenvalue weighted by Gasteiger charge is 2.19. The molecule has 0 aromatic carbocycles. The molecule has 1 fully saturated rings. The van der Waals surface area contributed by atoms with Crippen LogP contribution in [0.5, 0.6) is 0 Å². The first-order valence-electron chi connectivity index (χ1n) is 7.12. The Hall–Kier alpha value is -0.560. The SMILES string of the molecule is CC#CCCNCC(O)COC1CCC(C)CC1. The Morgan fingerprint density at radius 2 is 2.06 bits per heavy atom. The summed E-state index contributed by atoms with van der Waals surface area (Å²) in [5.74, 6) is 6.68. The monoisotopic (exact) mass is 253 g/mol. The van der Waals surface area contributed by atoms with Crippen LogP contribution in [-0.2, 0) is 4.74 Å². The van der Waals surface area contributed by atoms with Gasteiger partial charge in [-0.25, -0.2) is 0 Å². The number of nitrogens with one attached hydrogen (secondary N) is 1. The zero-order valence-corrected chi connectivity index (χ0v) is 11.7. The smallest absolute Gasteiger partial charge is 0.0897 e. The molecule has 0 saturated heterocycles. The summed E-state index contributed by atoms with van der Waals surface area (Å²) in [7, 11) is 0. The van der Waals surface area contributed by atoms with Gasteiger partial charge in [0.2, 0.25) is 0 Å². The standard InChI is InChI=1S/C15H27NO2/c1-3-4-5-10-16-11-14(17)12-18-15-8-6-13(2)7-9-15/h13-17H,5-12H2,1-2H3. The highest BCUT2D eigenvalue weighted by molar-refractivity contribution is 4.95. The number of ether oxygens (including phenoxy) is 1. The summed E-state index contributed by atoms with van der Waals surface area (Å²) in [4.78, 5) is 0. The maximum Gasteiger partial charge on any atom is 0.0897 e. The zero-order valence-electron chi connectivity index (χ0n) is 11.7. The molecular formula is C15H27NO2. The lowest BCUT2D eigenvalue weighted by Gasteiger charge is -2.27.